The van der Waals surface area contributed by atoms with Gasteiger partial charge in [-0.2, -0.15) is 0 Å². The van der Waals surface area contributed by atoms with Crippen molar-refractivity contribution in [2.45, 2.75) is 19.5 Å². The molecule has 1 fully saturated rings. The summed E-state index contributed by atoms with van der Waals surface area (Å²) in [6.45, 7) is 5.72. The molecule has 0 bridgehead atoms. The number of amides is 1. The van der Waals surface area contributed by atoms with Gasteiger partial charge in [0.15, 0.2) is 18.1 Å². The van der Waals surface area contributed by atoms with Crippen LogP contribution in [0.5, 0.6) is 17.2 Å². The fraction of sp³-hybridized carbons (Fsp3) is 0.562. The largest absolute Gasteiger partial charge is 0.493 e. The van der Waals surface area contributed by atoms with Crippen molar-refractivity contribution in [2.75, 3.05) is 40.5 Å². The van der Waals surface area contributed by atoms with Gasteiger partial charge in [-0.05, 0) is 24.6 Å². The first-order valence-corrected chi connectivity index (χ1v) is 7.65. The van der Waals surface area contributed by atoms with Gasteiger partial charge in [0.05, 0.1) is 14.2 Å². The van der Waals surface area contributed by atoms with Crippen LogP contribution in [0.1, 0.15) is 12.5 Å². The molecule has 1 atom stereocenters. The van der Waals surface area contributed by atoms with Crippen LogP contribution in [0.4, 0.5) is 0 Å². The summed E-state index contributed by atoms with van der Waals surface area (Å²) in [6.07, 6.45) is 0. The second-order valence-corrected chi connectivity index (χ2v) is 5.67. The smallest absolute Gasteiger partial charge is 0.255 e. The summed E-state index contributed by atoms with van der Waals surface area (Å²) in [7, 11) is 3.12. The summed E-state index contributed by atoms with van der Waals surface area (Å²) >= 11 is 0. The Balaban J connectivity index is 0.00000288. The van der Waals surface area contributed by atoms with E-state index in [4.69, 9.17) is 19.9 Å². The topological polar surface area (TPSA) is 86.1 Å². The maximum absolute atomic E-state index is 10.9. The number of carbonyl (C=O) groups is 1. The van der Waals surface area contributed by atoms with E-state index in [9.17, 15) is 4.79 Å². The molecule has 1 aliphatic rings. The molecule has 1 aliphatic heterocycles. The van der Waals surface area contributed by atoms with Gasteiger partial charge < -0.3 is 25.3 Å². The van der Waals surface area contributed by atoms with Gasteiger partial charge in [-0.15, -0.1) is 12.4 Å². The maximum Gasteiger partial charge on any atom is 0.255 e. The van der Waals surface area contributed by atoms with E-state index >= 15 is 0 Å². The Hall–Kier alpha value is -1.70. The highest BCUT2D eigenvalue weighted by atomic mass is 35.5. The Morgan fingerprint density at radius 1 is 1.33 bits per heavy atom. The number of primary amides is 1. The highest BCUT2D eigenvalue weighted by Gasteiger charge is 2.19. The molecule has 8 heteroatoms. The summed E-state index contributed by atoms with van der Waals surface area (Å²) in [5.74, 6) is 0.909. The molecule has 0 spiro atoms. The number of nitrogens with two attached hydrogens (primary N) is 1. The predicted octanol–water partition coefficient (Wildman–Crippen LogP) is 0.783. The maximum atomic E-state index is 10.9. The van der Waals surface area contributed by atoms with Crippen molar-refractivity contribution in [1.82, 2.24) is 10.2 Å². The Bertz CT molecular complexity index is 531. The zero-order chi connectivity index (χ0) is 16.8. The summed E-state index contributed by atoms with van der Waals surface area (Å²) in [4.78, 5) is 13.3. The fourth-order valence-electron chi connectivity index (χ4n) is 2.73. The number of ether oxygens (including phenoxy) is 3. The lowest BCUT2D eigenvalue weighted by Crippen LogP contribution is -2.48. The van der Waals surface area contributed by atoms with Crippen molar-refractivity contribution >= 4 is 18.3 Å². The molecule has 0 radical (unpaired) electrons. The minimum absolute atomic E-state index is 0. The zero-order valence-electron chi connectivity index (χ0n) is 14.3. The number of benzene rings is 1. The minimum atomic E-state index is -0.548. The molecule has 0 saturated carbocycles. The molecule has 3 N–H and O–H groups in total. The third-order valence-corrected chi connectivity index (χ3v) is 3.74. The van der Waals surface area contributed by atoms with Gasteiger partial charge in [0, 0.05) is 32.2 Å². The Morgan fingerprint density at radius 3 is 2.46 bits per heavy atom. The van der Waals surface area contributed by atoms with Crippen LogP contribution in [0.2, 0.25) is 0 Å². The van der Waals surface area contributed by atoms with Gasteiger partial charge in [-0.25, -0.2) is 0 Å². The second-order valence-electron chi connectivity index (χ2n) is 5.67. The number of methoxy groups -OCH3 is 2. The van der Waals surface area contributed by atoms with Crippen LogP contribution in [0.3, 0.4) is 0 Å². The molecular formula is C16H26ClN3O4. The molecule has 2 rings (SSSR count). The lowest BCUT2D eigenvalue weighted by atomic mass is 10.1. The number of nitrogens with one attached hydrogen (secondary N) is 1. The third-order valence-electron chi connectivity index (χ3n) is 3.74. The van der Waals surface area contributed by atoms with E-state index in [-0.39, 0.29) is 19.0 Å². The first-order chi connectivity index (χ1) is 11.0. The van der Waals surface area contributed by atoms with Gasteiger partial charge in [0.1, 0.15) is 0 Å². The average molecular weight is 360 g/mol. The molecule has 1 unspecified atom stereocenters. The standard InChI is InChI=1S/C16H25N3O4.ClH/c1-11-8-19(5-4-18-11)9-12-6-13(21-2)16(14(7-12)22-3)23-10-15(17)20;/h6-7,11,18H,4-5,8-10H2,1-3H3,(H2,17,20);1H. The van der Waals surface area contributed by atoms with Gasteiger partial charge in [-0.3, -0.25) is 9.69 Å². The van der Waals surface area contributed by atoms with E-state index in [1.54, 1.807) is 14.2 Å². The minimum Gasteiger partial charge on any atom is -0.493 e. The van der Waals surface area contributed by atoms with E-state index in [0.717, 1.165) is 31.7 Å². The highest BCUT2D eigenvalue weighted by molar-refractivity contribution is 5.85. The summed E-state index contributed by atoms with van der Waals surface area (Å²) < 4.78 is 16.2. The number of halogens is 1. The lowest BCUT2D eigenvalue weighted by Gasteiger charge is -2.32. The van der Waals surface area contributed by atoms with Crippen molar-refractivity contribution in [3.05, 3.63) is 17.7 Å². The van der Waals surface area contributed by atoms with Crippen molar-refractivity contribution < 1.29 is 19.0 Å². The van der Waals surface area contributed by atoms with Crippen molar-refractivity contribution in [1.29, 1.82) is 0 Å². The number of hydrogen-bond donors (Lipinski definition) is 2. The highest BCUT2D eigenvalue weighted by Crippen LogP contribution is 2.38. The van der Waals surface area contributed by atoms with Crippen LogP contribution in [-0.2, 0) is 11.3 Å². The van der Waals surface area contributed by atoms with E-state index in [1.807, 2.05) is 12.1 Å². The van der Waals surface area contributed by atoms with Gasteiger partial charge in [0.2, 0.25) is 5.75 Å². The summed E-state index contributed by atoms with van der Waals surface area (Å²) in [5, 5.41) is 3.42. The van der Waals surface area contributed by atoms with E-state index in [2.05, 4.69) is 17.1 Å². The van der Waals surface area contributed by atoms with E-state index in [1.165, 1.54) is 0 Å². The molecule has 0 aliphatic carbocycles. The molecule has 1 aromatic carbocycles. The lowest BCUT2D eigenvalue weighted by molar-refractivity contribution is -0.119. The molecule has 0 aromatic heterocycles. The van der Waals surface area contributed by atoms with Crippen LogP contribution in [0, 0.1) is 0 Å². The zero-order valence-corrected chi connectivity index (χ0v) is 15.1. The first kappa shape index (κ1) is 20.3. The van der Waals surface area contributed by atoms with Crippen molar-refractivity contribution in [3.63, 3.8) is 0 Å². The van der Waals surface area contributed by atoms with Crippen LogP contribution in [-0.4, -0.2) is 57.3 Å². The first-order valence-electron chi connectivity index (χ1n) is 7.65. The van der Waals surface area contributed by atoms with E-state index < -0.39 is 5.91 Å². The van der Waals surface area contributed by atoms with Gasteiger partial charge in [-0.1, -0.05) is 0 Å². The van der Waals surface area contributed by atoms with Crippen LogP contribution in [0.25, 0.3) is 0 Å². The quantitative estimate of drug-likeness (QED) is 0.748. The molecular weight excluding hydrogens is 334 g/mol. The summed E-state index contributed by atoms with van der Waals surface area (Å²) in [6, 6.07) is 4.29. The van der Waals surface area contributed by atoms with Crippen LogP contribution in [0.15, 0.2) is 12.1 Å². The third kappa shape index (κ3) is 5.43. The fourth-order valence-corrected chi connectivity index (χ4v) is 2.73. The Labute approximate surface area is 148 Å². The predicted molar refractivity (Wildman–Crippen MR) is 94.2 cm³/mol. The molecule has 24 heavy (non-hydrogen) atoms. The molecule has 1 heterocycles. The van der Waals surface area contributed by atoms with E-state index in [0.29, 0.717) is 23.3 Å². The SMILES string of the molecule is COc1cc(CN2CCNC(C)C2)cc(OC)c1OCC(N)=O.Cl. The van der Waals surface area contributed by atoms with Gasteiger partial charge in [0.25, 0.3) is 5.91 Å². The number of piperazine rings is 1. The van der Waals surface area contributed by atoms with Crippen LogP contribution >= 0.6 is 12.4 Å². The number of hydrogen-bond acceptors (Lipinski definition) is 6. The van der Waals surface area contributed by atoms with Crippen molar-refractivity contribution in [3.8, 4) is 17.2 Å². The number of carbonyl (C=O) groups excluding carboxylic acids is 1. The van der Waals surface area contributed by atoms with Gasteiger partial charge >= 0.3 is 0 Å². The second kappa shape index (κ2) is 9.56. The Kier molecular flexibility index (Phi) is 8.10. The monoisotopic (exact) mass is 359 g/mol. The molecule has 1 amide bonds. The van der Waals surface area contributed by atoms with Crippen molar-refractivity contribution in [2.24, 2.45) is 5.73 Å². The number of rotatable bonds is 7. The average Bonchev–Trinajstić information content (AvgIpc) is 2.52. The summed E-state index contributed by atoms with van der Waals surface area (Å²) in [5.41, 5.74) is 6.20. The molecule has 7 nitrogen and oxygen atoms in total. The normalized spacial score (nSPS) is 17.7. The molecule has 1 saturated heterocycles. The molecule has 1 aromatic rings. The molecule has 136 valence electrons. The number of nitrogens with zero attached hydrogens (tertiary/aromatic N) is 1. The van der Waals surface area contributed by atoms with Crippen LogP contribution < -0.4 is 25.3 Å². The Morgan fingerprint density at radius 2 is 1.96 bits per heavy atom.